The van der Waals surface area contributed by atoms with Gasteiger partial charge in [-0.25, -0.2) is 13.1 Å². The fourth-order valence-electron chi connectivity index (χ4n) is 2.34. The summed E-state index contributed by atoms with van der Waals surface area (Å²) in [6.45, 7) is 4.23. The Balaban J connectivity index is 0.00000338. The molecule has 2 aromatic carbocycles. The maximum absolute atomic E-state index is 12.5. The van der Waals surface area contributed by atoms with E-state index in [-0.39, 0.29) is 40.9 Å². The van der Waals surface area contributed by atoms with Crippen LogP contribution in [0, 0.1) is 6.92 Å². The zero-order valence-electron chi connectivity index (χ0n) is 15.1. The molecule has 0 bridgehead atoms. The first kappa shape index (κ1) is 22.7. The second-order valence-corrected chi connectivity index (χ2v) is 7.30. The average molecular weight is 386 g/mol. The van der Waals surface area contributed by atoms with Crippen LogP contribution >= 0.6 is 0 Å². The molecule has 0 radical (unpaired) electrons. The maximum Gasteiger partial charge on any atom is 1.00 e. The number of carbonyl (C=O) groups is 1. The van der Waals surface area contributed by atoms with Gasteiger partial charge in [-0.05, 0) is 43.7 Å². The Kier molecular flexibility index (Phi) is 8.79. The van der Waals surface area contributed by atoms with Gasteiger partial charge in [-0.3, -0.25) is 4.79 Å². The molecule has 0 heterocycles. The summed E-state index contributed by atoms with van der Waals surface area (Å²) in [5.41, 5.74) is 1.49. The van der Waals surface area contributed by atoms with Crippen molar-refractivity contribution in [3.05, 3.63) is 59.7 Å². The number of hydrogen-bond acceptors (Lipinski definition) is 4. The number of hydrogen-bond donors (Lipinski definition) is 2. The van der Waals surface area contributed by atoms with Gasteiger partial charge < -0.3 is 9.84 Å². The number of nitrogens with one attached hydrogen (secondary N) is 1. The number of sulfonamides is 1. The van der Waals surface area contributed by atoms with Gasteiger partial charge in [-0.15, -0.1) is 0 Å². The molecule has 134 valence electrons. The number of aliphatic carboxylic acids is 1. The van der Waals surface area contributed by atoms with E-state index in [9.17, 15) is 13.2 Å². The van der Waals surface area contributed by atoms with E-state index >= 15 is 0 Å². The van der Waals surface area contributed by atoms with Crippen LogP contribution in [0.1, 0.15) is 30.5 Å². The van der Waals surface area contributed by atoms with Crippen molar-refractivity contribution in [2.24, 2.45) is 0 Å². The molecular weight excluding hydrogens is 365 g/mol. The van der Waals surface area contributed by atoms with Crippen molar-refractivity contribution < 1.29 is 52.6 Å². The Morgan fingerprint density at radius 1 is 1.12 bits per heavy atom. The Hall–Kier alpha value is -1.38. The maximum atomic E-state index is 12.5. The molecule has 1 unspecified atom stereocenters. The van der Waals surface area contributed by atoms with Gasteiger partial charge in [-0.2, -0.15) is 0 Å². The first-order chi connectivity index (χ1) is 11.8. The van der Waals surface area contributed by atoms with Crippen LogP contribution < -0.4 is 39.0 Å². The Morgan fingerprint density at radius 3 is 2.19 bits per heavy atom. The average Bonchev–Trinajstić information content (AvgIpc) is 2.55. The van der Waals surface area contributed by atoms with Crippen LogP contribution in [-0.2, 0) is 14.8 Å². The monoisotopic (exact) mass is 386 g/mol. The van der Waals surface area contributed by atoms with Gasteiger partial charge in [0.1, 0.15) is 5.75 Å². The van der Waals surface area contributed by atoms with E-state index in [4.69, 9.17) is 9.84 Å². The van der Waals surface area contributed by atoms with Gasteiger partial charge in [-0.1, -0.05) is 29.8 Å². The van der Waals surface area contributed by atoms with Crippen LogP contribution in [0.3, 0.4) is 0 Å². The first-order valence-electron chi connectivity index (χ1n) is 7.85. The van der Waals surface area contributed by atoms with Crippen molar-refractivity contribution in [1.82, 2.24) is 4.72 Å². The van der Waals surface area contributed by atoms with Crippen LogP contribution in [-0.4, -0.2) is 26.1 Å². The van der Waals surface area contributed by atoms with E-state index in [1.165, 1.54) is 12.1 Å². The molecule has 0 aliphatic carbocycles. The van der Waals surface area contributed by atoms with Crippen molar-refractivity contribution >= 4 is 16.0 Å². The van der Waals surface area contributed by atoms with E-state index in [0.29, 0.717) is 17.9 Å². The summed E-state index contributed by atoms with van der Waals surface area (Å²) >= 11 is 0. The van der Waals surface area contributed by atoms with Gasteiger partial charge in [0.15, 0.2) is 0 Å². The number of rotatable bonds is 8. The second kappa shape index (κ2) is 10.1. The van der Waals surface area contributed by atoms with Crippen molar-refractivity contribution in [2.45, 2.75) is 31.2 Å². The Morgan fingerprint density at radius 2 is 1.69 bits per heavy atom. The first-order valence-corrected chi connectivity index (χ1v) is 9.33. The quantitative estimate of drug-likeness (QED) is 0.618. The summed E-state index contributed by atoms with van der Waals surface area (Å²) in [6, 6.07) is 12.2. The molecule has 1 atom stereocenters. The number of aryl methyl sites for hydroxylation is 1. The van der Waals surface area contributed by atoms with Crippen molar-refractivity contribution in [3.8, 4) is 5.75 Å². The SMILES string of the molecule is CCOc1ccc(C(CC(=O)O)NS(=O)(=O)c2ccc(C)cc2)cc1.[Na+]. The zero-order valence-corrected chi connectivity index (χ0v) is 17.9. The smallest absolute Gasteiger partial charge is 0.494 e. The molecular formula is C18H21NNaO5S+. The van der Waals surface area contributed by atoms with Gasteiger partial charge >= 0.3 is 35.5 Å². The van der Waals surface area contributed by atoms with Gasteiger partial charge in [0.25, 0.3) is 0 Å². The number of ether oxygens (including phenoxy) is 1. The van der Waals surface area contributed by atoms with Gasteiger partial charge in [0.2, 0.25) is 10.0 Å². The van der Waals surface area contributed by atoms with Crippen LogP contribution in [0.2, 0.25) is 0 Å². The van der Waals surface area contributed by atoms with E-state index in [1.807, 2.05) is 13.8 Å². The second-order valence-electron chi connectivity index (χ2n) is 5.59. The molecule has 0 spiro atoms. The molecule has 0 saturated carbocycles. The summed E-state index contributed by atoms with van der Waals surface area (Å²) in [4.78, 5) is 11.3. The molecule has 2 aromatic rings. The summed E-state index contributed by atoms with van der Waals surface area (Å²) in [6.07, 6.45) is -0.362. The molecule has 2 N–H and O–H groups in total. The van der Waals surface area contributed by atoms with Crippen LogP contribution in [0.25, 0.3) is 0 Å². The van der Waals surface area contributed by atoms with Gasteiger partial charge in [0, 0.05) is 0 Å². The summed E-state index contributed by atoms with van der Waals surface area (Å²) in [7, 11) is -3.83. The molecule has 0 aliphatic heterocycles. The van der Waals surface area contributed by atoms with E-state index < -0.39 is 22.0 Å². The summed E-state index contributed by atoms with van der Waals surface area (Å²) in [5.74, 6) is -0.452. The van der Waals surface area contributed by atoms with E-state index in [2.05, 4.69) is 4.72 Å². The minimum Gasteiger partial charge on any atom is -0.494 e. The minimum atomic E-state index is -3.83. The fourth-order valence-corrected chi connectivity index (χ4v) is 3.56. The number of benzene rings is 2. The summed E-state index contributed by atoms with van der Waals surface area (Å²) < 4.78 is 32.9. The molecule has 6 nitrogen and oxygen atoms in total. The van der Waals surface area contributed by atoms with E-state index in [1.54, 1.807) is 36.4 Å². The van der Waals surface area contributed by atoms with Crippen LogP contribution in [0.5, 0.6) is 5.75 Å². The topological polar surface area (TPSA) is 92.7 Å². The van der Waals surface area contributed by atoms with Crippen LogP contribution in [0.15, 0.2) is 53.4 Å². The predicted octanol–water partition coefficient (Wildman–Crippen LogP) is -0.108. The van der Waals surface area contributed by atoms with Crippen molar-refractivity contribution in [3.63, 3.8) is 0 Å². The third-order valence-electron chi connectivity index (χ3n) is 3.60. The third-order valence-corrected chi connectivity index (χ3v) is 5.09. The molecule has 2 rings (SSSR count). The largest absolute Gasteiger partial charge is 1.00 e. The molecule has 0 amide bonds. The molecule has 8 heteroatoms. The molecule has 26 heavy (non-hydrogen) atoms. The normalized spacial score (nSPS) is 12.1. The summed E-state index contributed by atoms with van der Waals surface area (Å²) in [5, 5.41) is 9.13. The zero-order chi connectivity index (χ0) is 18.4. The predicted molar refractivity (Wildman–Crippen MR) is 94.1 cm³/mol. The number of carboxylic acids is 1. The van der Waals surface area contributed by atoms with Crippen molar-refractivity contribution in [2.75, 3.05) is 6.61 Å². The van der Waals surface area contributed by atoms with Gasteiger partial charge in [0.05, 0.1) is 24.0 Å². The number of carboxylic acid groups (broad SMARTS) is 1. The molecule has 0 fully saturated rings. The minimum absolute atomic E-state index is 0. The third kappa shape index (κ3) is 6.41. The van der Waals surface area contributed by atoms with E-state index in [0.717, 1.165) is 5.56 Å². The van der Waals surface area contributed by atoms with Crippen molar-refractivity contribution in [1.29, 1.82) is 0 Å². The molecule has 0 aromatic heterocycles. The molecule has 0 aliphatic rings. The molecule has 0 saturated heterocycles. The Bertz CT molecular complexity index is 820. The fraction of sp³-hybridized carbons (Fsp3) is 0.278. The van der Waals surface area contributed by atoms with Crippen LogP contribution in [0.4, 0.5) is 0 Å². The standard InChI is InChI=1S/C18H21NO5S.Na/c1-3-24-15-8-6-14(7-9-15)17(12-18(20)21)19-25(22,23)16-10-4-13(2)5-11-16;/h4-11,17,19H,3,12H2,1-2H3,(H,20,21);/q;+1. The Labute approximate surface area is 175 Å².